The summed E-state index contributed by atoms with van der Waals surface area (Å²) in [5, 5.41) is 11.5. The van der Waals surface area contributed by atoms with Gasteiger partial charge in [0, 0.05) is 11.6 Å². The molecule has 0 bridgehead atoms. The summed E-state index contributed by atoms with van der Waals surface area (Å²) < 4.78 is 0. The first-order chi connectivity index (χ1) is 9.66. The molecule has 0 heterocycles. The van der Waals surface area contributed by atoms with Gasteiger partial charge in [-0.15, -0.1) is 0 Å². The number of amides is 1. The van der Waals surface area contributed by atoms with Crippen LogP contribution < -0.4 is 5.32 Å². The number of carboxylic acid groups (broad SMARTS) is 1. The molecule has 0 spiro atoms. The highest BCUT2D eigenvalue weighted by Gasteiger charge is 2.10. The molecule has 0 fully saturated rings. The molecule has 2 aromatic rings. The van der Waals surface area contributed by atoms with E-state index in [0.717, 1.165) is 6.08 Å². The highest BCUT2D eigenvalue weighted by Crippen LogP contribution is 2.12. The van der Waals surface area contributed by atoms with Gasteiger partial charge in [0.2, 0.25) is 0 Å². The fraction of sp³-hybridized carbons (Fsp3) is 0. The van der Waals surface area contributed by atoms with Crippen molar-refractivity contribution in [2.45, 2.75) is 0 Å². The van der Waals surface area contributed by atoms with Crippen molar-refractivity contribution in [2.24, 2.45) is 0 Å². The van der Waals surface area contributed by atoms with Crippen LogP contribution in [0, 0.1) is 0 Å². The van der Waals surface area contributed by atoms with Gasteiger partial charge in [-0.25, -0.2) is 4.79 Å². The number of carbonyl (C=O) groups is 2. The molecule has 0 aliphatic heterocycles. The Kier molecular flexibility index (Phi) is 4.29. The van der Waals surface area contributed by atoms with Gasteiger partial charge in [-0.1, -0.05) is 48.5 Å². The standard InChI is InChI=1S/C16H13NO3/c18-15(19)11-14(12-7-3-1-4-8-12)17-16(20)13-9-5-2-6-10-13/h1-11H,(H,17,20)(H,18,19). The van der Waals surface area contributed by atoms with E-state index < -0.39 is 5.97 Å². The van der Waals surface area contributed by atoms with E-state index in [1.54, 1.807) is 48.5 Å². The van der Waals surface area contributed by atoms with E-state index in [-0.39, 0.29) is 11.6 Å². The van der Waals surface area contributed by atoms with E-state index in [2.05, 4.69) is 5.32 Å². The second-order valence-corrected chi connectivity index (χ2v) is 4.08. The van der Waals surface area contributed by atoms with Crippen LogP contribution in [0.2, 0.25) is 0 Å². The second kappa shape index (κ2) is 6.33. The number of rotatable bonds is 4. The van der Waals surface area contributed by atoms with Crippen LogP contribution in [0.3, 0.4) is 0 Å². The largest absolute Gasteiger partial charge is 0.478 e. The maximum absolute atomic E-state index is 12.1. The number of aliphatic carboxylic acids is 1. The van der Waals surface area contributed by atoms with Crippen molar-refractivity contribution in [3.63, 3.8) is 0 Å². The molecule has 4 nitrogen and oxygen atoms in total. The average Bonchev–Trinajstić information content (AvgIpc) is 2.48. The molecule has 0 aliphatic rings. The van der Waals surface area contributed by atoms with Crippen LogP contribution in [0.1, 0.15) is 15.9 Å². The summed E-state index contributed by atoms with van der Waals surface area (Å²) in [7, 11) is 0. The summed E-state index contributed by atoms with van der Waals surface area (Å²) in [4.78, 5) is 22.9. The summed E-state index contributed by atoms with van der Waals surface area (Å²) in [6.07, 6.45) is 0.982. The molecule has 0 aromatic heterocycles. The molecule has 2 N–H and O–H groups in total. The Hall–Kier alpha value is -2.88. The molecule has 0 saturated heterocycles. The number of benzene rings is 2. The van der Waals surface area contributed by atoms with Gasteiger partial charge >= 0.3 is 5.97 Å². The molecule has 20 heavy (non-hydrogen) atoms. The zero-order valence-corrected chi connectivity index (χ0v) is 10.6. The van der Waals surface area contributed by atoms with E-state index in [0.29, 0.717) is 11.1 Å². The molecule has 0 atom stereocenters. The number of hydrogen-bond acceptors (Lipinski definition) is 2. The lowest BCUT2D eigenvalue weighted by molar-refractivity contribution is -0.131. The Bertz CT molecular complexity index is 633. The number of hydrogen-bond donors (Lipinski definition) is 2. The van der Waals surface area contributed by atoms with Gasteiger partial charge in [0.15, 0.2) is 0 Å². The third kappa shape index (κ3) is 3.55. The first kappa shape index (κ1) is 13.5. The summed E-state index contributed by atoms with van der Waals surface area (Å²) in [6, 6.07) is 17.5. The highest BCUT2D eigenvalue weighted by molar-refractivity contribution is 6.02. The average molecular weight is 267 g/mol. The minimum absolute atomic E-state index is 0.256. The first-order valence-electron chi connectivity index (χ1n) is 6.03. The van der Waals surface area contributed by atoms with Crippen LogP contribution >= 0.6 is 0 Å². The van der Waals surface area contributed by atoms with Crippen molar-refractivity contribution in [2.75, 3.05) is 0 Å². The quantitative estimate of drug-likeness (QED) is 0.836. The number of carboxylic acids is 1. The monoisotopic (exact) mass is 267 g/mol. The summed E-state index contributed by atoms with van der Waals surface area (Å²) in [5.74, 6) is -1.46. The molecule has 0 unspecified atom stereocenters. The van der Waals surface area contributed by atoms with Crippen molar-refractivity contribution in [1.29, 1.82) is 0 Å². The van der Waals surface area contributed by atoms with Crippen molar-refractivity contribution >= 4 is 17.6 Å². The van der Waals surface area contributed by atoms with Gasteiger partial charge in [-0.05, 0) is 17.7 Å². The minimum Gasteiger partial charge on any atom is -0.478 e. The van der Waals surface area contributed by atoms with Crippen molar-refractivity contribution in [3.8, 4) is 0 Å². The van der Waals surface area contributed by atoms with Gasteiger partial charge in [-0.2, -0.15) is 0 Å². The van der Waals surface area contributed by atoms with Crippen molar-refractivity contribution in [3.05, 3.63) is 77.9 Å². The van der Waals surface area contributed by atoms with Gasteiger partial charge in [-0.3, -0.25) is 4.79 Å². The predicted octanol–water partition coefficient (Wildman–Crippen LogP) is 2.54. The summed E-state index contributed by atoms with van der Waals surface area (Å²) in [5.41, 5.74) is 1.37. The van der Waals surface area contributed by atoms with E-state index in [4.69, 9.17) is 5.11 Å². The summed E-state index contributed by atoms with van der Waals surface area (Å²) >= 11 is 0. The van der Waals surface area contributed by atoms with Crippen molar-refractivity contribution < 1.29 is 14.7 Å². The van der Waals surface area contributed by atoms with E-state index in [1.807, 2.05) is 12.1 Å². The van der Waals surface area contributed by atoms with Crippen molar-refractivity contribution in [1.82, 2.24) is 5.32 Å². The molecular formula is C16H13NO3. The lowest BCUT2D eigenvalue weighted by Crippen LogP contribution is -2.22. The molecule has 100 valence electrons. The smallest absolute Gasteiger partial charge is 0.330 e. The van der Waals surface area contributed by atoms with Crippen LogP contribution in [0.4, 0.5) is 0 Å². The number of carbonyl (C=O) groups excluding carboxylic acids is 1. The molecular weight excluding hydrogens is 254 g/mol. The van der Waals surface area contributed by atoms with Gasteiger partial charge in [0.05, 0.1) is 5.70 Å². The molecule has 0 radical (unpaired) electrons. The third-order valence-electron chi connectivity index (χ3n) is 2.64. The molecule has 2 rings (SSSR count). The fourth-order valence-electron chi connectivity index (χ4n) is 1.72. The third-order valence-corrected chi connectivity index (χ3v) is 2.64. The van der Waals surface area contributed by atoms with Crippen LogP contribution in [0.5, 0.6) is 0 Å². The van der Waals surface area contributed by atoms with Crippen LogP contribution in [-0.4, -0.2) is 17.0 Å². The maximum Gasteiger partial charge on any atom is 0.330 e. The number of nitrogens with one attached hydrogen (secondary N) is 1. The lowest BCUT2D eigenvalue weighted by atomic mass is 10.1. The molecule has 0 aliphatic carbocycles. The van der Waals surface area contributed by atoms with Crippen LogP contribution in [-0.2, 0) is 4.79 Å². The maximum atomic E-state index is 12.1. The molecule has 1 amide bonds. The molecule has 4 heteroatoms. The van der Waals surface area contributed by atoms with E-state index in [1.165, 1.54) is 0 Å². The van der Waals surface area contributed by atoms with E-state index >= 15 is 0 Å². The molecule has 2 aromatic carbocycles. The Morgan fingerprint density at radius 1 is 0.850 bits per heavy atom. The highest BCUT2D eigenvalue weighted by atomic mass is 16.4. The van der Waals surface area contributed by atoms with Crippen LogP contribution in [0.15, 0.2) is 66.7 Å². The predicted molar refractivity (Wildman–Crippen MR) is 76.0 cm³/mol. The second-order valence-electron chi connectivity index (χ2n) is 4.08. The zero-order valence-electron chi connectivity index (χ0n) is 10.6. The van der Waals surface area contributed by atoms with Gasteiger partial charge in [0.25, 0.3) is 5.91 Å². The summed E-state index contributed by atoms with van der Waals surface area (Å²) in [6.45, 7) is 0. The minimum atomic E-state index is -1.11. The van der Waals surface area contributed by atoms with E-state index in [9.17, 15) is 9.59 Å². The lowest BCUT2D eigenvalue weighted by Gasteiger charge is -2.09. The first-order valence-corrected chi connectivity index (χ1v) is 6.03. The molecule has 0 saturated carbocycles. The fourth-order valence-corrected chi connectivity index (χ4v) is 1.72. The Morgan fingerprint density at radius 2 is 1.35 bits per heavy atom. The zero-order chi connectivity index (χ0) is 14.4. The Morgan fingerprint density at radius 3 is 1.85 bits per heavy atom. The topological polar surface area (TPSA) is 66.4 Å². The normalized spacial score (nSPS) is 10.9. The van der Waals surface area contributed by atoms with Gasteiger partial charge < -0.3 is 10.4 Å². The Balaban J connectivity index is 2.26. The Labute approximate surface area is 116 Å². The SMILES string of the molecule is O=C(O)C=C(NC(=O)c1ccccc1)c1ccccc1. The van der Waals surface area contributed by atoms with Crippen LogP contribution in [0.25, 0.3) is 5.70 Å². The van der Waals surface area contributed by atoms with Gasteiger partial charge in [0.1, 0.15) is 0 Å².